The summed E-state index contributed by atoms with van der Waals surface area (Å²) in [5, 5.41) is 8.69. The molecule has 1 heterocycles. The molecule has 0 unspecified atom stereocenters. The van der Waals surface area contributed by atoms with Crippen molar-refractivity contribution in [3.63, 3.8) is 0 Å². The van der Waals surface area contributed by atoms with Gasteiger partial charge in [-0.2, -0.15) is 0 Å². The van der Waals surface area contributed by atoms with Gasteiger partial charge in [-0.15, -0.1) is 0 Å². The van der Waals surface area contributed by atoms with Crippen LogP contribution in [0.2, 0.25) is 0 Å². The van der Waals surface area contributed by atoms with E-state index in [1.54, 1.807) is 17.1 Å². The molecule has 0 radical (unpaired) electrons. The molecule has 0 aliphatic rings. The Morgan fingerprint density at radius 2 is 2.06 bits per heavy atom. The smallest absolute Gasteiger partial charge is 0.323 e. The molecule has 0 bridgehead atoms. The highest BCUT2D eigenvalue weighted by Gasteiger charge is 2.04. The summed E-state index contributed by atoms with van der Waals surface area (Å²) in [5.74, 6) is -0.864. The van der Waals surface area contributed by atoms with Gasteiger partial charge in [0.15, 0.2) is 0 Å². The van der Waals surface area contributed by atoms with Gasteiger partial charge in [0.1, 0.15) is 6.54 Å². The molecule has 0 aliphatic heterocycles. The Bertz CT molecular complexity index is 529. The highest BCUT2D eigenvalue weighted by atomic mass is 16.4. The highest BCUT2D eigenvalue weighted by Crippen LogP contribution is 2.18. The summed E-state index contributed by atoms with van der Waals surface area (Å²) in [5.41, 5.74) is 3.13. The molecule has 4 nitrogen and oxygen atoms in total. The molecule has 0 saturated carbocycles. The van der Waals surface area contributed by atoms with Crippen LogP contribution >= 0.6 is 0 Å². The van der Waals surface area contributed by atoms with Crippen LogP contribution in [-0.2, 0) is 17.8 Å². The van der Waals surface area contributed by atoms with Crippen molar-refractivity contribution in [3.8, 4) is 11.3 Å². The van der Waals surface area contributed by atoms with Crippen molar-refractivity contribution >= 4 is 5.97 Å². The molecule has 0 saturated heterocycles. The zero-order chi connectivity index (χ0) is 13.0. The van der Waals surface area contributed by atoms with E-state index in [0.29, 0.717) is 0 Å². The first-order valence-corrected chi connectivity index (χ1v) is 6.02. The maximum absolute atomic E-state index is 10.6. The average Bonchev–Trinajstić information content (AvgIpc) is 2.78. The quantitative estimate of drug-likeness (QED) is 0.879. The number of carboxylic acids is 1. The second-order valence-corrected chi connectivity index (χ2v) is 4.27. The Morgan fingerprint density at radius 3 is 2.67 bits per heavy atom. The minimum atomic E-state index is -0.864. The number of aliphatic carboxylic acids is 1. The van der Waals surface area contributed by atoms with E-state index >= 15 is 0 Å². The maximum atomic E-state index is 10.6. The molecule has 1 aromatic carbocycles. The van der Waals surface area contributed by atoms with Crippen LogP contribution in [-0.4, -0.2) is 20.6 Å². The molecule has 94 valence electrons. The van der Waals surface area contributed by atoms with Crippen LogP contribution in [0.5, 0.6) is 0 Å². The lowest BCUT2D eigenvalue weighted by Gasteiger charge is -2.00. The Hall–Kier alpha value is -2.10. The number of nitrogens with zero attached hydrogens (tertiary/aromatic N) is 2. The Labute approximate surface area is 106 Å². The number of rotatable bonds is 5. The number of carbonyl (C=O) groups is 1. The minimum Gasteiger partial charge on any atom is -0.480 e. The molecule has 0 spiro atoms. The number of carboxylic acid groups (broad SMARTS) is 1. The fraction of sp³-hybridized carbons (Fsp3) is 0.286. The summed E-state index contributed by atoms with van der Waals surface area (Å²) in [4.78, 5) is 14.8. The normalized spacial score (nSPS) is 10.5. The second kappa shape index (κ2) is 5.49. The third kappa shape index (κ3) is 2.97. The number of benzene rings is 1. The van der Waals surface area contributed by atoms with Crippen LogP contribution in [0.3, 0.4) is 0 Å². The molecule has 1 N–H and O–H groups in total. The van der Waals surface area contributed by atoms with Gasteiger partial charge in [0.05, 0.1) is 12.0 Å². The first-order valence-electron chi connectivity index (χ1n) is 6.02. The first-order chi connectivity index (χ1) is 8.69. The van der Waals surface area contributed by atoms with E-state index in [9.17, 15) is 4.79 Å². The number of hydrogen-bond donors (Lipinski definition) is 1. The predicted molar refractivity (Wildman–Crippen MR) is 69.3 cm³/mol. The van der Waals surface area contributed by atoms with E-state index in [0.717, 1.165) is 24.1 Å². The van der Waals surface area contributed by atoms with Crippen LogP contribution in [0, 0.1) is 0 Å². The second-order valence-electron chi connectivity index (χ2n) is 4.27. The van der Waals surface area contributed by atoms with Crippen molar-refractivity contribution in [3.05, 3.63) is 42.4 Å². The van der Waals surface area contributed by atoms with Crippen molar-refractivity contribution in [1.29, 1.82) is 0 Å². The van der Waals surface area contributed by atoms with E-state index in [-0.39, 0.29) is 6.54 Å². The van der Waals surface area contributed by atoms with Crippen LogP contribution in [0.4, 0.5) is 0 Å². The van der Waals surface area contributed by atoms with E-state index in [2.05, 4.69) is 24.0 Å². The van der Waals surface area contributed by atoms with Crippen molar-refractivity contribution < 1.29 is 9.90 Å². The van der Waals surface area contributed by atoms with Gasteiger partial charge in [-0.05, 0) is 12.0 Å². The highest BCUT2D eigenvalue weighted by molar-refractivity contribution is 5.67. The molecule has 2 aromatic rings. The largest absolute Gasteiger partial charge is 0.480 e. The van der Waals surface area contributed by atoms with Crippen LogP contribution in [0.1, 0.15) is 18.9 Å². The molecular weight excluding hydrogens is 228 g/mol. The lowest BCUT2D eigenvalue weighted by molar-refractivity contribution is -0.137. The molecule has 0 atom stereocenters. The summed E-state index contributed by atoms with van der Waals surface area (Å²) in [6.07, 6.45) is 5.51. The zero-order valence-electron chi connectivity index (χ0n) is 10.3. The fourth-order valence-corrected chi connectivity index (χ4v) is 1.88. The molecule has 0 amide bonds. The third-order valence-electron chi connectivity index (χ3n) is 2.74. The van der Waals surface area contributed by atoms with E-state index in [1.807, 2.05) is 12.1 Å². The first kappa shape index (κ1) is 12.4. The van der Waals surface area contributed by atoms with E-state index in [1.165, 1.54) is 5.56 Å². The number of imidazole rings is 1. The standard InChI is InChI=1S/C14H16N2O2/c1-2-3-11-4-6-12(7-5-11)13-8-16(10-15-13)9-14(17)18/h4-8,10H,2-3,9H2,1H3,(H,17,18). The molecule has 1 aromatic heterocycles. The van der Waals surface area contributed by atoms with Crippen molar-refractivity contribution in [2.24, 2.45) is 0 Å². The predicted octanol–water partition coefficient (Wildman–Crippen LogP) is 2.59. The Morgan fingerprint density at radius 1 is 1.33 bits per heavy atom. The van der Waals surface area contributed by atoms with Crippen molar-refractivity contribution in [2.75, 3.05) is 0 Å². The summed E-state index contributed by atoms with van der Waals surface area (Å²) in [7, 11) is 0. The van der Waals surface area contributed by atoms with Gasteiger partial charge < -0.3 is 9.67 Å². The average molecular weight is 244 g/mol. The minimum absolute atomic E-state index is 0.0546. The van der Waals surface area contributed by atoms with Crippen molar-refractivity contribution in [2.45, 2.75) is 26.3 Å². The van der Waals surface area contributed by atoms with Gasteiger partial charge in [0.2, 0.25) is 0 Å². The van der Waals surface area contributed by atoms with Crippen molar-refractivity contribution in [1.82, 2.24) is 9.55 Å². The summed E-state index contributed by atoms with van der Waals surface area (Å²) < 4.78 is 1.57. The topological polar surface area (TPSA) is 55.1 Å². The van der Waals surface area contributed by atoms with Gasteiger partial charge in [-0.1, -0.05) is 37.6 Å². The number of aromatic nitrogens is 2. The summed E-state index contributed by atoms with van der Waals surface area (Å²) in [6, 6.07) is 8.24. The zero-order valence-corrected chi connectivity index (χ0v) is 10.3. The molecule has 0 aliphatic carbocycles. The fourth-order valence-electron chi connectivity index (χ4n) is 1.88. The van der Waals surface area contributed by atoms with Crippen LogP contribution in [0.25, 0.3) is 11.3 Å². The molecular formula is C14H16N2O2. The van der Waals surface area contributed by atoms with E-state index < -0.39 is 5.97 Å². The molecule has 2 rings (SSSR count). The Balaban J connectivity index is 2.15. The van der Waals surface area contributed by atoms with Gasteiger partial charge in [0, 0.05) is 11.8 Å². The summed E-state index contributed by atoms with van der Waals surface area (Å²) in [6.45, 7) is 2.10. The molecule has 18 heavy (non-hydrogen) atoms. The lowest BCUT2D eigenvalue weighted by Crippen LogP contribution is -2.06. The van der Waals surface area contributed by atoms with Crippen LogP contribution < -0.4 is 0 Å². The van der Waals surface area contributed by atoms with Gasteiger partial charge in [-0.3, -0.25) is 4.79 Å². The monoisotopic (exact) mass is 244 g/mol. The molecule has 0 fully saturated rings. The van der Waals surface area contributed by atoms with Crippen LogP contribution in [0.15, 0.2) is 36.8 Å². The molecule has 4 heteroatoms. The SMILES string of the molecule is CCCc1ccc(-c2cn(CC(=O)O)cn2)cc1. The lowest BCUT2D eigenvalue weighted by atomic mass is 10.1. The van der Waals surface area contributed by atoms with Gasteiger partial charge >= 0.3 is 5.97 Å². The van der Waals surface area contributed by atoms with Gasteiger partial charge in [0.25, 0.3) is 0 Å². The number of hydrogen-bond acceptors (Lipinski definition) is 2. The number of aryl methyl sites for hydroxylation is 1. The summed E-state index contributed by atoms with van der Waals surface area (Å²) >= 11 is 0. The Kier molecular flexibility index (Phi) is 3.77. The third-order valence-corrected chi connectivity index (χ3v) is 2.74. The van der Waals surface area contributed by atoms with Gasteiger partial charge in [-0.25, -0.2) is 4.98 Å². The van der Waals surface area contributed by atoms with E-state index in [4.69, 9.17) is 5.11 Å². The maximum Gasteiger partial charge on any atom is 0.323 e.